The number of rotatable bonds is 7. The summed E-state index contributed by atoms with van der Waals surface area (Å²) in [6, 6.07) is 19.4. The van der Waals surface area contributed by atoms with Gasteiger partial charge < -0.3 is 10.1 Å². The van der Waals surface area contributed by atoms with Crippen molar-refractivity contribution in [2.45, 2.75) is 32.4 Å². The first-order valence-electron chi connectivity index (χ1n) is 7.20. The SMILES string of the molecule is CCC(Cc1ccccc1)Nc1ccccc1COC. The van der Waals surface area contributed by atoms with E-state index in [2.05, 4.69) is 66.8 Å². The van der Waals surface area contributed by atoms with Crippen LogP contribution in [-0.2, 0) is 17.8 Å². The van der Waals surface area contributed by atoms with Crippen molar-refractivity contribution in [3.05, 3.63) is 65.7 Å². The molecular formula is C18H23NO. The number of hydrogen-bond acceptors (Lipinski definition) is 2. The Morgan fingerprint density at radius 1 is 1.00 bits per heavy atom. The minimum atomic E-state index is 0.440. The Bertz CT molecular complexity index is 510. The molecule has 0 amide bonds. The van der Waals surface area contributed by atoms with Crippen molar-refractivity contribution in [3.8, 4) is 0 Å². The topological polar surface area (TPSA) is 21.3 Å². The highest BCUT2D eigenvalue weighted by atomic mass is 16.5. The monoisotopic (exact) mass is 269 g/mol. The Labute approximate surface area is 121 Å². The Balaban J connectivity index is 2.06. The molecular weight excluding hydrogens is 246 g/mol. The van der Waals surface area contributed by atoms with E-state index < -0.39 is 0 Å². The molecule has 106 valence electrons. The summed E-state index contributed by atoms with van der Waals surface area (Å²) in [6.07, 6.45) is 2.13. The highest BCUT2D eigenvalue weighted by molar-refractivity contribution is 5.51. The number of ether oxygens (including phenoxy) is 1. The maximum absolute atomic E-state index is 5.26. The third kappa shape index (κ3) is 4.10. The Morgan fingerprint density at radius 2 is 1.70 bits per heavy atom. The van der Waals surface area contributed by atoms with Crippen LogP contribution in [0.3, 0.4) is 0 Å². The van der Waals surface area contributed by atoms with Gasteiger partial charge in [0.05, 0.1) is 6.61 Å². The van der Waals surface area contributed by atoms with E-state index in [1.165, 1.54) is 16.8 Å². The van der Waals surface area contributed by atoms with Crippen molar-refractivity contribution < 1.29 is 4.74 Å². The van der Waals surface area contributed by atoms with Gasteiger partial charge in [-0.25, -0.2) is 0 Å². The van der Waals surface area contributed by atoms with Crippen LogP contribution in [-0.4, -0.2) is 13.2 Å². The Morgan fingerprint density at radius 3 is 2.40 bits per heavy atom. The summed E-state index contributed by atoms with van der Waals surface area (Å²) in [4.78, 5) is 0. The molecule has 2 aromatic carbocycles. The van der Waals surface area contributed by atoms with Gasteiger partial charge in [0.25, 0.3) is 0 Å². The van der Waals surface area contributed by atoms with Gasteiger partial charge in [-0.2, -0.15) is 0 Å². The molecule has 0 aliphatic rings. The lowest BCUT2D eigenvalue weighted by Gasteiger charge is -2.20. The third-order valence-electron chi connectivity index (χ3n) is 3.49. The molecule has 0 aromatic heterocycles. The van der Waals surface area contributed by atoms with Gasteiger partial charge in [0, 0.05) is 24.4 Å². The van der Waals surface area contributed by atoms with Crippen LogP contribution in [0.25, 0.3) is 0 Å². The van der Waals surface area contributed by atoms with E-state index in [0.29, 0.717) is 12.6 Å². The van der Waals surface area contributed by atoms with Crippen molar-refractivity contribution in [2.75, 3.05) is 12.4 Å². The summed E-state index contributed by atoms with van der Waals surface area (Å²) in [6.45, 7) is 2.87. The lowest BCUT2D eigenvalue weighted by molar-refractivity contribution is 0.185. The van der Waals surface area contributed by atoms with Gasteiger partial charge in [0.15, 0.2) is 0 Å². The highest BCUT2D eigenvalue weighted by Gasteiger charge is 2.09. The molecule has 0 aliphatic carbocycles. The number of benzene rings is 2. The average Bonchev–Trinajstić information content (AvgIpc) is 2.50. The van der Waals surface area contributed by atoms with E-state index >= 15 is 0 Å². The van der Waals surface area contributed by atoms with Gasteiger partial charge in [0.1, 0.15) is 0 Å². The summed E-state index contributed by atoms with van der Waals surface area (Å²) in [5, 5.41) is 3.65. The van der Waals surface area contributed by atoms with Crippen LogP contribution in [0.5, 0.6) is 0 Å². The molecule has 2 rings (SSSR count). The molecule has 0 heterocycles. The number of hydrogen-bond donors (Lipinski definition) is 1. The summed E-state index contributed by atoms with van der Waals surface area (Å²) in [7, 11) is 1.73. The molecule has 0 fully saturated rings. The second-order valence-electron chi connectivity index (χ2n) is 5.03. The molecule has 1 unspecified atom stereocenters. The van der Waals surface area contributed by atoms with Crippen molar-refractivity contribution in [2.24, 2.45) is 0 Å². The first-order valence-corrected chi connectivity index (χ1v) is 7.20. The zero-order valence-electron chi connectivity index (χ0n) is 12.3. The fourth-order valence-corrected chi connectivity index (χ4v) is 2.36. The lowest BCUT2D eigenvalue weighted by atomic mass is 10.0. The first kappa shape index (κ1) is 14.6. The Kier molecular flexibility index (Phi) is 5.63. The quantitative estimate of drug-likeness (QED) is 0.810. The van der Waals surface area contributed by atoms with Crippen LogP contribution < -0.4 is 5.32 Å². The molecule has 0 spiro atoms. The van der Waals surface area contributed by atoms with Crippen LogP contribution >= 0.6 is 0 Å². The zero-order chi connectivity index (χ0) is 14.2. The minimum Gasteiger partial charge on any atom is -0.382 e. The summed E-state index contributed by atoms with van der Waals surface area (Å²) < 4.78 is 5.26. The van der Waals surface area contributed by atoms with Gasteiger partial charge in [0.2, 0.25) is 0 Å². The second-order valence-corrected chi connectivity index (χ2v) is 5.03. The van der Waals surface area contributed by atoms with Gasteiger partial charge in [-0.15, -0.1) is 0 Å². The van der Waals surface area contributed by atoms with E-state index in [4.69, 9.17) is 4.74 Å². The van der Waals surface area contributed by atoms with Gasteiger partial charge in [-0.1, -0.05) is 55.5 Å². The van der Waals surface area contributed by atoms with Crippen LogP contribution in [0.1, 0.15) is 24.5 Å². The molecule has 0 saturated heterocycles. The standard InChI is InChI=1S/C18H23NO/c1-3-17(13-15-9-5-4-6-10-15)19-18-12-8-7-11-16(18)14-20-2/h4-12,17,19H,3,13-14H2,1-2H3. The minimum absolute atomic E-state index is 0.440. The maximum Gasteiger partial charge on any atom is 0.0733 e. The zero-order valence-corrected chi connectivity index (χ0v) is 12.3. The fraction of sp³-hybridized carbons (Fsp3) is 0.333. The number of anilines is 1. The first-order chi connectivity index (χ1) is 9.83. The summed E-state index contributed by atoms with van der Waals surface area (Å²) in [5.41, 5.74) is 3.76. The summed E-state index contributed by atoms with van der Waals surface area (Å²) in [5.74, 6) is 0. The number of nitrogens with one attached hydrogen (secondary N) is 1. The summed E-state index contributed by atoms with van der Waals surface area (Å²) >= 11 is 0. The lowest BCUT2D eigenvalue weighted by Crippen LogP contribution is -2.22. The van der Waals surface area contributed by atoms with Gasteiger partial charge in [-0.05, 0) is 24.5 Å². The normalized spacial score (nSPS) is 12.1. The van der Waals surface area contributed by atoms with E-state index in [1.807, 2.05) is 0 Å². The van der Waals surface area contributed by atoms with Crippen molar-refractivity contribution in [1.29, 1.82) is 0 Å². The molecule has 1 N–H and O–H groups in total. The molecule has 20 heavy (non-hydrogen) atoms. The largest absolute Gasteiger partial charge is 0.382 e. The van der Waals surface area contributed by atoms with E-state index in [9.17, 15) is 0 Å². The number of methoxy groups -OCH3 is 1. The number of para-hydroxylation sites is 1. The predicted octanol–water partition coefficient (Wildman–Crippen LogP) is 4.27. The van der Waals surface area contributed by atoms with E-state index in [1.54, 1.807) is 7.11 Å². The molecule has 0 saturated carbocycles. The van der Waals surface area contributed by atoms with E-state index in [0.717, 1.165) is 12.8 Å². The van der Waals surface area contributed by atoms with Crippen LogP contribution in [0, 0.1) is 0 Å². The molecule has 2 heteroatoms. The van der Waals surface area contributed by atoms with Gasteiger partial charge >= 0.3 is 0 Å². The third-order valence-corrected chi connectivity index (χ3v) is 3.49. The van der Waals surface area contributed by atoms with Crippen LogP contribution in [0.15, 0.2) is 54.6 Å². The van der Waals surface area contributed by atoms with Crippen molar-refractivity contribution >= 4 is 5.69 Å². The van der Waals surface area contributed by atoms with Crippen LogP contribution in [0.2, 0.25) is 0 Å². The average molecular weight is 269 g/mol. The predicted molar refractivity (Wildman–Crippen MR) is 85.0 cm³/mol. The second kappa shape index (κ2) is 7.71. The van der Waals surface area contributed by atoms with E-state index in [-0.39, 0.29) is 0 Å². The molecule has 0 bridgehead atoms. The molecule has 2 nitrogen and oxygen atoms in total. The molecule has 0 aliphatic heterocycles. The van der Waals surface area contributed by atoms with Crippen LogP contribution in [0.4, 0.5) is 5.69 Å². The van der Waals surface area contributed by atoms with Crippen molar-refractivity contribution in [3.63, 3.8) is 0 Å². The molecule has 0 radical (unpaired) electrons. The molecule has 2 aromatic rings. The van der Waals surface area contributed by atoms with Crippen molar-refractivity contribution in [1.82, 2.24) is 0 Å². The fourth-order valence-electron chi connectivity index (χ4n) is 2.36. The smallest absolute Gasteiger partial charge is 0.0733 e. The highest BCUT2D eigenvalue weighted by Crippen LogP contribution is 2.19. The molecule has 1 atom stereocenters. The van der Waals surface area contributed by atoms with Gasteiger partial charge in [-0.3, -0.25) is 0 Å². The Hall–Kier alpha value is -1.80. The maximum atomic E-state index is 5.26.